The van der Waals surface area contributed by atoms with Gasteiger partial charge in [0.1, 0.15) is 24.2 Å². The van der Waals surface area contributed by atoms with Crippen LogP contribution in [0.5, 0.6) is 11.5 Å². The third-order valence-corrected chi connectivity index (χ3v) is 18.4. The molecular formula is C45H61N3O6SSi. The number of sulfone groups is 1. The molecule has 4 aromatic rings. The molecule has 56 heavy (non-hydrogen) atoms. The zero-order chi connectivity index (χ0) is 40.2. The van der Waals surface area contributed by atoms with Crippen LogP contribution in [0.3, 0.4) is 0 Å². The predicted molar refractivity (Wildman–Crippen MR) is 228 cm³/mol. The Hall–Kier alpha value is -4.16. The van der Waals surface area contributed by atoms with Crippen molar-refractivity contribution >= 4 is 34.6 Å². The minimum Gasteiger partial charge on any atom is -0.534 e. The summed E-state index contributed by atoms with van der Waals surface area (Å²) in [4.78, 5) is 13.9. The maximum absolute atomic E-state index is 13.5. The van der Waals surface area contributed by atoms with Crippen molar-refractivity contribution in [2.24, 2.45) is 5.73 Å². The summed E-state index contributed by atoms with van der Waals surface area (Å²) in [6, 6.07) is 35.6. The van der Waals surface area contributed by atoms with E-state index in [1.807, 2.05) is 55.5 Å². The number of rotatable bonds is 19. The van der Waals surface area contributed by atoms with Crippen LogP contribution in [0.25, 0.3) is 0 Å². The number of nitrogens with zero attached hydrogens (tertiary/aromatic N) is 1. The van der Waals surface area contributed by atoms with E-state index >= 15 is 0 Å². The van der Waals surface area contributed by atoms with E-state index in [0.717, 1.165) is 43.4 Å². The summed E-state index contributed by atoms with van der Waals surface area (Å²) < 4.78 is 40.0. The number of piperidine rings is 1. The lowest BCUT2D eigenvalue weighted by atomic mass is 9.97. The summed E-state index contributed by atoms with van der Waals surface area (Å²) in [6.45, 7) is 10.5. The van der Waals surface area contributed by atoms with Crippen LogP contribution < -0.4 is 30.6 Å². The molecule has 0 radical (unpaired) electrons. The first-order valence-corrected chi connectivity index (χ1v) is 23.6. The number of carbonyl (C=O) groups is 1. The van der Waals surface area contributed by atoms with Crippen LogP contribution in [0.1, 0.15) is 78.2 Å². The normalized spacial score (nSPS) is 16.2. The molecule has 4 aromatic carbocycles. The molecule has 11 heteroatoms. The van der Waals surface area contributed by atoms with Gasteiger partial charge in [-0.25, -0.2) is 13.2 Å². The molecule has 1 aliphatic heterocycles. The number of primary amides is 1. The fraction of sp³-hybridized carbons (Fsp3) is 0.444. The molecule has 0 aliphatic carbocycles. The Bertz CT molecular complexity index is 1870. The third-order valence-electron chi connectivity index (χ3n) is 11.0. The molecule has 302 valence electrons. The van der Waals surface area contributed by atoms with Gasteiger partial charge in [0.05, 0.1) is 10.1 Å². The molecule has 9 nitrogen and oxygen atoms in total. The molecule has 1 heterocycles. The van der Waals surface area contributed by atoms with Gasteiger partial charge in [-0.2, -0.15) is 0 Å². The molecule has 1 aliphatic rings. The lowest BCUT2D eigenvalue weighted by Crippen LogP contribution is -2.68. The molecule has 5 rings (SSSR count). The zero-order valence-electron chi connectivity index (χ0n) is 33.5. The second kappa shape index (κ2) is 19.8. The summed E-state index contributed by atoms with van der Waals surface area (Å²) in [6.07, 6.45) is 5.54. The molecule has 0 saturated carbocycles. The predicted octanol–water partition coefficient (Wildman–Crippen LogP) is 6.85. The van der Waals surface area contributed by atoms with Crippen molar-refractivity contribution in [1.29, 1.82) is 0 Å². The van der Waals surface area contributed by atoms with E-state index in [4.69, 9.17) is 14.9 Å². The average Bonchev–Trinajstić information content (AvgIpc) is 3.20. The second-order valence-corrected chi connectivity index (χ2v) is 22.4. The highest BCUT2D eigenvalue weighted by atomic mass is 32.2. The molecule has 0 aromatic heterocycles. The van der Waals surface area contributed by atoms with Gasteiger partial charge >= 0.3 is 14.3 Å². The van der Waals surface area contributed by atoms with E-state index in [1.54, 1.807) is 17.0 Å². The molecule has 0 spiro atoms. The van der Waals surface area contributed by atoms with E-state index in [9.17, 15) is 18.3 Å². The number of carbonyl (C=O) groups excluding carboxylic acids is 1. The average molecular weight is 800 g/mol. The fourth-order valence-electron chi connectivity index (χ4n) is 7.97. The van der Waals surface area contributed by atoms with Crippen molar-refractivity contribution in [3.63, 3.8) is 0 Å². The Kier molecular flexibility index (Phi) is 15.2. The molecule has 3 atom stereocenters. The van der Waals surface area contributed by atoms with Crippen LogP contribution in [0.4, 0.5) is 4.79 Å². The van der Waals surface area contributed by atoms with Crippen molar-refractivity contribution in [2.45, 2.75) is 106 Å². The summed E-state index contributed by atoms with van der Waals surface area (Å²) in [7, 11) is -6.23. The molecule has 1 saturated heterocycles. The van der Waals surface area contributed by atoms with Gasteiger partial charge in [0.25, 0.3) is 0 Å². The molecule has 1 fully saturated rings. The van der Waals surface area contributed by atoms with E-state index in [0.29, 0.717) is 49.5 Å². The number of urea groups is 1. The van der Waals surface area contributed by atoms with E-state index in [2.05, 4.69) is 74.6 Å². The number of likely N-dealkylation sites (tertiary alicyclic amines) is 1. The summed E-state index contributed by atoms with van der Waals surface area (Å²) >= 11 is 0. The standard InChI is InChI=1S/C45H61N3O6SSi/c1-5-40(17-14-16-36-15-12-13-32-48(36)44(46)50)55(51,52)41-28-22-35(23-29-41)30-31-47-33-37(49)34-53-38-24-26-39(27-25-38)54-56(45(2,3)4,42-18-8-6-9-19-42)43-20-10-7-11-21-43/h6-11,18-29,36-37,40,47,49H,5,12-17,30-34H2,1-4H3,(H2,46,50)/t36?,37-,40?/m0/s1. The topological polar surface area (TPSA) is 131 Å². The Balaban J connectivity index is 1.07. The Morgan fingerprint density at radius 2 is 1.52 bits per heavy atom. The monoisotopic (exact) mass is 799 g/mol. The number of amides is 2. The van der Waals surface area contributed by atoms with Crippen molar-refractivity contribution in [3.05, 3.63) is 115 Å². The van der Waals surface area contributed by atoms with Gasteiger partial charge in [-0.3, -0.25) is 0 Å². The number of hydrogen-bond donors (Lipinski definition) is 3. The maximum Gasteiger partial charge on any atom is 0.319 e. The van der Waals surface area contributed by atoms with E-state index < -0.39 is 29.5 Å². The van der Waals surface area contributed by atoms with Crippen molar-refractivity contribution in [3.8, 4) is 11.5 Å². The van der Waals surface area contributed by atoms with Crippen LogP contribution in [0.15, 0.2) is 114 Å². The lowest BCUT2D eigenvalue weighted by molar-refractivity contribution is 0.106. The number of aliphatic hydroxyl groups excluding tert-OH is 1. The Morgan fingerprint density at radius 1 is 0.911 bits per heavy atom. The van der Waals surface area contributed by atoms with Gasteiger partial charge in [0.2, 0.25) is 0 Å². The molecule has 0 bridgehead atoms. The third kappa shape index (κ3) is 10.8. The van der Waals surface area contributed by atoms with Gasteiger partial charge in [0, 0.05) is 19.1 Å². The largest absolute Gasteiger partial charge is 0.534 e. The van der Waals surface area contributed by atoms with Crippen molar-refractivity contribution < 1.29 is 27.5 Å². The minimum absolute atomic E-state index is 0.101. The zero-order valence-corrected chi connectivity index (χ0v) is 35.3. The van der Waals surface area contributed by atoms with Gasteiger partial charge in [-0.15, -0.1) is 0 Å². The lowest BCUT2D eigenvalue weighted by Gasteiger charge is -2.43. The maximum atomic E-state index is 13.5. The minimum atomic E-state index is -3.48. The van der Waals surface area contributed by atoms with Crippen molar-refractivity contribution in [1.82, 2.24) is 10.2 Å². The first kappa shape index (κ1) is 43.0. The van der Waals surface area contributed by atoms with Crippen LogP contribution in [-0.4, -0.2) is 76.4 Å². The Labute approximate surface area is 335 Å². The molecule has 2 amide bonds. The number of nitrogens with two attached hydrogens (primary N) is 1. The first-order valence-electron chi connectivity index (χ1n) is 20.2. The number of nitrogens with one attached hydrogen (secondary N) is 1. The highest BCUT2D eigenvalue weighted by molar-refractivity contribution is 7.92. The second-order valence-electron chi connectivity index (χ2n) is 16.0. The van der Waals surface area contributed by atoms with Crippen LogP contribution in [0, 0.1) is 0 Å². The molecule has 4 N–H and O–H groups in total. The SMILES string of the molecule is CCC(CCCC1CCCCN1C(N)=O)S(=O)(=O)c1ccc(CCNC[C@H](O)COc2ccc(O[Si](c3ccccc3)(c3ccccc3)C(C)(C)C)cc2)cc1. The number of benzene rings is 4. The van der Waals surface area contributed by atoms with Crippen molar-refractivity contribution in [2.75, 3.05) is 26.2 Å². The highest BCUT2D eigenvalue weighted by Crippen LogP contribution is 2.38. The van der Waals surface area contributed by atoms with Gasteiger partial charge in [0.15, 0.2) is 9.84 Å². The number of hydrogen-bond acceptors (Lipinski definition) is 7. The summed E-state index contributed by atoms with van der Waals surface area (Å²) in [5.74, 6) is 1.42. The van der Waals surface area contributed by atoms with Gasteiger partial charge in [-0.05, 0) is 109 Å². The van der Waals surface area contributed by atoms with Gasteiger partial charge < -0.3 is 30.2 Å². The van der Waals surface area contributed by atoms with Crippen LogP contribution >= 0.6 is 0 Å². The number of aliphatic hydroxyl groups is 1. The molecular weight excluding hydrogens is 739 g/mol. The Morgan fingerprint density at radius 3 is 2.09 bits per heavy atom. The molecule has 2 unspecified atom stereocenters. The number of ether oxygens (including phenoxy) is 1. The van der Waals surface area contributed by atoms with E-state index in [-0.39, 0.29) is 23.7 Å². The smallest absolute Gasteiger partial charge is 0.319 e. The first-order chi connectivity index (χ1) is 26.8. The highest BCUT2D eigenvalue weighted by Gasteiger charge is 2.52. The van der Waals surface area contributed by atoms with Crippen LogP contribution in [-0.2, 0) is 16.3 Å². The van der Waals surface area contributed by atoms with Gasteiger partial charge in [-0.1, -0.05) is 107 Å². The quantitative estimate of drug-likeness (QED) is 0.0699. The summed E-state index contributed by atoms with van der Waals surface area (Å²) in [5.41, 5.74) is 6.59. The van der Waals surface area contributed by atoms with E-state index in [1.165, 1.54) is 10.4 Å². The fourth-order valence-corrected chi connectivity index (χ4v) is 14.2. The van der Waals surface area contributed by atoms with Crippen LogP contribution in [0.2, 0.25) is 5.04 Å². The summed E-state index contributed by atoms with van der Waals surface area (Å²) in [5, 5.41) is 15.7.